The predicted molar refractivity (Wildman–Crippen MR) is 55.7 cm³/mol. The molecule has 0 saturated heterocycles. The summed E-state index contributed by atoms with van der Waals surface area (Å²) >= 11 is 0. The Morgan fingerprint density at radius 2 is 1.92 bits per heavy atom. The molecular formula is C11H17N. The van der Waals surface area contributed by atoms with Crippen molar-refractivity contribution < 1.29 is 0 Å². The minimum atomic E-state index is 0.859. The minimum Gasteiger partial charge on any atom is -0.308 e. The van der Waals surface area contributed by atoms with E-state index >= 15 is 0 Å². The molecule has 0 fully saturated rings. The van der Waals surface area contributed by atoms with E-state index in [1.165, 1.54) is 17.4 Å². The number of rotatable bonds is 4. The van der Waals surface area contributed by atoms with Crippen LogP contribution in [-0.2, 0) is 0 Å². The summed E-state index contributed by atoms with van der Waals surface area (Å²) in [5.74, 6) is 0. The van der Waals surface area contributed by atoms with E-state index in [2.05, 4.69) is 6.58 Å². The van der Waals surface area contributed by atoms with Gasteiger partial charge < -0.3 is 5.41 Å². The minimum absolute atomic E-state index is 0.859. The van der Waals surface area contributed by atoms with Crippen LogP contribution in [0.4, 0.5) is 0 Å². The lowest BCUT2D eigenvalue weighted by Gasteiger charge is -2.03. The van der Waals surface area contributed by atoms with Crippen LogP contribution in [0.25, 0.3) is 0 Å². The van der Waals surface area contributed by atoms with Crippen molar-refractivity contribution >= 4 is 6.21 Å². The van der Waals surface area contributed by atoms with Crippen LogP contribution in [0.1, 0.15) is 27.2 Å². The van der Waals surface area contributed by atoms with Crippen molar-refractivity contribution in [3.63, 3.8) is 0 Å². The zero-order valence-electron chi connectivity index (χ0n) is 8.15. The molecule has 0 radical (unpaired) electrons. The zero-order valence-corrected chi connectivity index (χ0v) is 8.15. The molecule has 0 aromatic carbocycles. The summed E-state index contributed by atoms with van der Waals surface area (Å²) in [5, 5.41) is 7.18. The molecule has 0 amide bonds. The van der Waals surface area contributed by atoms with Crippen LogP contribution in [0.5, 0.6) is 0 Å². The van der Waals surface area contributed by atoms with Gasteiger partial charge in [0.2, 0.25) is 0 Å². The second-order valence-corrected chi connectivity index (χ2v) is 3.10. The van der Waals surface area contributed by atoms with Gasteiger partial charge in [0, 0.05) is 6.21 Å². The summed E-state index contributed by atoms with van der Waals surface area (Å²) in [6, 6.07) is 0. The summed E-state index contributed by atoms with van der Waals surface area (Å²) in [6.45, 7) is 9.74. The third-order valence-corrected chi connectivity index (χ3v) is 1.69. The number of allylic oxidation sites excluding steroid dienone is 5. The lowest BCUT2D eigenvalue weighted by atomic mass is 10.0. The number of hydrogen-bond acceptors (Lipinski definition) is 1. The number of nitrogens with one attached hydrogen (secondary N) is 1. The van der Waals surface area contributed by atoms with Gasteiger partial charge in [-0.05, 0) is 32.8 Å². The van der Waals surface area contributed by atoms with Crippen LogP contribution >= 0.6 is 0 Å². The quantitative estimate of drug-likeness (QED) is 0.484. The molecule has 0 aliphatic rings. The largest absolute Gasteiger partial charge is 0.308 e. The van der Waals surface area contributed by atoms with Gasteiger partial charge in [-0.2, -0.15) is 0 Å². The Morgan fingerprint density at radius 3 is 2.25 bits per heavy atom. The lowest BCUT2D eigenvalue weighted by molar-refractivity contribution is 1.13. The van der Waals surface area contributed by atoms with E-state index in [0.29, 0.717) is 0 Å². The average Bonchev–Trinajstić information content (AvgIpc) is 2.00. The van der Waals surface area contributed by atoms with Crippen molar-refractivity contribution in [2.24, 2.45) is 0 Å². The summed E-state index contributed by atoms with van der Waals surface area (Å²) < 4.78 is 0. The van der Waals surface area contributed by atoms with Crippen LogP contribution in [0.3, 0.4) is 0 Å². The molecule has 12 heavy (non-hydrogen) atoms. The van der Waals surface area contributed by atoms with Crippen molar-refractivity contribution in [3.8, 4) is 0 Å². The van der Waals surface area contributed by atoms with Crippen LogP contribution in [0.15, 0.2) is 35.5 Å². The third kappa shape index (κ3) is 3.91. The molecule has 0 bridgehead atoms. The first kappa shape index (κ1) is 10.9. The highest BCUT2D eigenvalue weighted by Crippen LogP contribution is 2.12. The molecule has 0 aromatic rings. The molecule has 0 heterocycles. The predicted octanol–water partition coefficient (Wildman–Crippen LogP) is 3.49. The van der Waals surface area contributed by atoms with E-state index in [9.17, 15) is 0 Å². The smallest absolute Gasteiger partial charge is 0.0212 e. The Balaban J connectivity index is 4.43. The average molecular weight is 163 g/mol. The van der Waals surface area contributed by atoms with Gasteiger partial charge >= 0.3 is 0 Å². The SMILES string of the molecule is C=C/C=C(\C)CC(C=N)=C(C)C. The Bertz CT molecular complexity index is 227. The molecule has 0 rings (SSSR count). The van der Waals surface area contributed by atoms with E-state index < -0.39 is 0 Å². The second-order valence-electron chi connectivity index (χ2n) is 3.10. The Labute approximate surface area is 75.0 Å². The molecule has 0 aliphatic carbocycles. The summed E-state index contributed by atoms with van der Waals surface area (Å²) in [6.07, 6.45) is 6.04. The molecule has 0 aromatic heterocycles. The maximum Gasteiger partial charge on any atom is 0.0212 e. The van der Waals surface area contributed by atoms with E-state index in [1.54, 1.807) is 6.08 Å². The lowest BCUT2D eigenvalue weighted by Crippen LogP contribution is -1.89. The first-order chi connectivity index (χ1) is 5.61. The summed E-state index contributed by atoms with van der Waals surface area (Å²) in [7, 11) is 0. The summed E-state index contributed by atoms with van der Waals surface area (Å²) in [4.78, 5) is 0. The Hall–Kier alpha value is -1.11. The molecule has 1 N–H and O–H groups in total. The first-order valence-electron chi connectivity index (χ1n) is 4.06. The van der Waals surface area contributed by atoms with E-state index in [0.717, 1.165) is 12.0 Å². The van der Waals surface area contributed by atoms with Gasteiger partial charge in [0.25, 0.3) is 0 Å². The van der Waals surface area contributed by atoms with Gasteiger partial charge in [-0.15, -0.1) is 0 Å². The van der Waals surface area contributed by atoms with Crippen LogP contribution < -0.4 is 0 Å². The van der Waals surface area contributed by atoms with Gasteiger partial charge in [0.15, 0.2) is 0 Å². The van der Waals surface area contributed by atoms with Gasteiger partial charge in [-0.3, -0.25) is 0 Å². The highest BCUT2D eigenvalue weighted by molar-refractivity contribution is 5.77. The zero-order chi connectivity index (χ0) is 9.56. The molecule has 66 valence electrons. The highest BCUT2D eigenvalue weighted by Gasteiger charge is 1.96. The normalized spacial score (nSPS) is 10.8. The van der Waals surface area contributed by atoms with Crippen molar-refractivity contribution in [1.82, 2.24) is 0 Å². The van der Waals surface area contributed by atoms with Gasteiger partial charge in [-0.1, -0.05) is 29.9 Å². The van der Waals surface area contributed by atoms with E-state index in [4.69, 9.17) is 5.41 Å². The van der Waals surface area contributed by atoms with E-state index in [-0.39, 0.29) is 0 Å². The van der Waals surface area contributed by atoms with Crippen molar-refractivity contribution in [2.75, 3.05) is 0 Å². The first-order valence-corrected chi connectivity index (χ1v) is 4.06. The molecular weight excluding hydrogens is 146 g/mol. The molecule has 0 saturated carbocycles. The van der Waals surface area contributed by atoms with Crippen LogP contribution in [-0.4, -0.2) is 6.21 Å². The maximum atomic E-state index is 7.18. The fraction of sp³-hybridized carbons (Fsp3) is 0.364. The molecule has 0 unspecified atom stereocenters. The third-order valence-electron chi connectivity index (χ3n) is 1.69. The fourth-order valence-electron chi connectivity index (χ4n) is 0.933. The topological polar surface area (TPSA) is 23.9 Å². The maximum absolute atomic E-state index is 7.18. The highest BCUT2D eigenvalue weighted by atomic mass is 14.3. The Kier molecular flexibility index (Phi) is 5.02. The number of hydrogen-bond donors (Lipinski definition) is 1. The second kappa shape index (κ2) is 5.53. The van der Waals surface area contributed by atoms with Crippen LogP contribution in [0, 0.1) is 5.41 Å². The molecule has 1 heteroatoms. The van der Waals surface area contributed by atoms with Crippen molar-refractivity contribution in [3.05, 3.63) is 35.5 Å². The molecule has 1 nitrogen and oxygen atoms in total. The van der Waals surface area contributed by atoms with Gasteiger partial charge in [0.05, 0.1) is 0 Å². The standard InChI is InChI=1S/C11H17N/c1-5-6-10(4)7-11(8-12)9(2)3/h5-6,8,12H,1,7H2,2-4H3/b10-6+,12-8?. The van der Waals surface area contributed by atoms with Gasteiger partial charge in [-0.25, -0.2) is 0 Å². The monoisotopic (exact) mass is 163 g/mol. The summed E-state index contributed by atoms with van der Waals surface area (Å²) in [5.41, 5.74) is 3.54. The van der Waals surface area contributed by atoms with Crippen molar-refractivity contribution in [2.45, 2.75) is 27.2 Å². The van der Waals surface area contributed by atoms with Crippen LogP contribution in [0.2, 0.25) is 0 Å². The molecule has 0 spiro atoms. The van der Waals surface area contributed by atoms with Gasteiger partial charge in [0.1, 0.15) is 0 Å². The molecule has 0 aliphatic heterocycles. The van der Waals surface area contributed by atoms with Crippen molar-refractivity contribution in [1.29, 1.82) is 5.41 Å². The fourth-order valence-corrected chi connectivity index (χ4v) is 0.933. The Morgan fingerprint density at radius 1 is 1.33 bits per heavy atom. The van der Waals surface area contributed by atoms with E-state index in [1.807, 2.05) is 26.8 Å². The molecule has 0 atom stereocenters.